The molecule has 0 aromatic heterocycles. The fraction of sp³-hybridized carbons (Fsp3) is 0.455. The second-order valence-electron chi connectivity index (χ2n) is 7.12. The molecule has 0 aliphatic heterocycles. The third-order valence-corrected chi connectivity index (χ3v) is 5.89. The summed E-state index contributed by atoms with van der Waals surface area (Å²) in [5, 5.41) is 20.9. The van der Waals surface area contributed by atoms with Gasteiger partial charge in [0.1, 0.15) is 0 Å². The Labute approximate surface area is 166 Å². The summed E-state index contributed by atoms with van der Waals surface area (Å²) in [5.74, 6) is 2.33. The summed E-state index contributed by atoms with van der Waals surface area (Å²) in [6.07, 6.45) is 0. The largest absolute Gasteiger partial charge is 0.493 e. The van der Waals surface area contributed by atoms with Gasteiger partial charge in [-0.1, -0.05) is 26.0 Å². The minimum absolute atomic E-state index is 0.187. The first kappa shape index (κ1) is 21.9. The summed E-state index contributed by atoms with van der Waals surface area (Å²) in [6, 6.07) is 11.0. The van der Waals surface area contributed by atoms with Gasteiger partial charge in [0.15, 0.2) is 23.0 Å². The monoisotopic (exact) mass is 390 g/mol. The summed E-state index contributed by atoms with van der Waals surface area (Å²) in [5.41, 5.74) is -0.0000915. The van der Waals surface area contributed by atoms with Crippen molar-refractivity contribution in [2.24, 2.45) is 0 Å². The van der Waals surface area contributed by atoms with Crippen molar-refractivity contribution in [3.8, 4) is 23.0 Å². The molecule has 2 aromatic carbocycles. The Kier molecular flexibility index (Phi) is 6.80. The first-order valence-electron chi connectivity index (χ1n) is 9.02. The van der Waals surface area contributed by atoms with E-state index in [1.165, 1.54) is 0 Å². The molecule has 0 spiro atoms. The molecule has 2 N–H and O–H groups in total. The van der Waals surface area contributed by atoms with Crippen LogP contribution in [0, 0.1) is 0 Å². The van der Waals surface area contributed by atoms with Crippen molar-refractivity contribution in [1.82, 2.24) is 0 Å². The fourth-order valence-electron chi connectivity index (χ4n) is 3.53. The van der Waals surface area contributed by atoms with Gasteiger partial charge in [-0.3, -0.25) is 0 Å². The van der Waals surface area contributed by atoms with Crippen LogP contribution in [-0.2, 0) is 10.8 Å². The van der Waals surface area contributed by atoms with Crippen molar-refractivity contribution in [3.05, 3.63) is 47.5 Å². The van der Waals surface area contributed by atoms with Crippen LogP contribution in [0.4, 0.5) is 0 Å². The van der Waals surface area contributed by atoms with Crippen LogP contribution in [-0.4, -0.2) is 51.9 Å². The highest BCUT2D eigenvalue weighted by Crippen LogP contribution is 2.47. The molecule has 6 heteroatoms. The number of hydrogen-bond donors (Lipinski definition) is 2. The molecule has 6 nitrogen and oxygen atoms in total. The van der Waals surface area contributed by atoms with Crippen LogP contribution >= 0.6 is 0 Å². The van der Waals surface area contributed by atoms with E-state index in [0.717, 1.165) is 11.1 Å². The highest BCUT2D eigenvalue weighted by molar-refractivity contribution is 5.50. The normalized spacial score (nSPS) is 15.3. The van der Waals surface area contributed by atoms with Crippen molar-refractivity contribution < 1.29 is 29.2 Å². The van der Waals surface area contributed by atoms with Crippen LogP contribution in [0.15, 0.2) is 36.4 Å². The summed E-state index contributed by atoms with van der Waals surface area (Å²) >= 11 is 0. The van der Waals surface area contributed by atoms with Crippen molar-refractivity contribution in [2.75, 3.05) is 41.7 Å². The predicted molar refractivity (Wildman–Crippen MR) is 108 cm³/mol. The lowest BCUT2D eigenvalue weighted by Gasteiger charge is -2.45. The molecule has 2 atom stereocenters. The van der Waals surface area contributed by atoms with Gasteiger partial charge < -0.3 is 29.2 Å². The Morgan fingerprint density at radius 3 is 1.18 bits per heavy atom. The first-order chi connectivity index (χ1) is 13.3. The highest BCUT2D eigenvalue weighted by atomic mass is 16.5. The minimum Gasteiger partial charge on any atom is -0.493 e. The molecular weight excluding hydrogens is 360 g/mol. The molecule has 0 saturated heterocycles. The number of methoxy groups -OCH3 is 4. The van der Waals surface area contributed by atoms with Crippen molar-refractivity contribution in [2.45, 2.75) is 24.7 Å². The second kappa shape index (κ2) is 8.71. The van der Waals surface area contributed by atoms with E-state index in [-0.39, 0.29) is 13.2 Å². The Balaban J connectivity index is 2.66. The number of benzene rings is 2. The molecule has 28 heavy (non-hydrogen) atoms. The van der Waals surface area contributed by atoms with E-state index in [9.17, 15) is 10.2 Å². The van der Waals surface area contributed by atoms with E-state index >= 15 is 0 Å². The maximum atomic E-state index is 10.4. The molecule has 0 aliphatic rings. The van der Waals surface area contributed by atoms with Gasteiger partial charge in [-0.15, -0.1) is 0 Å². The Morgan fingerprint density at radius 2 is 0.929 bits per heavy atom. The van der Waals surface area contributed by atoms with Gasteiger partial charge in [-0.2, -0.15) is 0 Å². The molecule has 0 saturated carbocycles. The quantitative estimate of drug-likeness (QED) is 0.686. The molecule has 2 rings (SSSR count). The summed E-state index contributed by atoms with van der Waals surface area (Å²) < 4.78 is 21.5. The van der Waals surface area contributed by atoms with Gasteiger partial charge in [0.2, 0.25) is 0 Å². The van der Waals surface area contributed by atoms with Crippen molar-refractivity contribution >= 4 is 0 Å². The summed E-state index contributed by atoms with van der Waals surface area (Å²) in [4.78, 5) is 0. The standard InChI is InChI=1S/C22H30O6/c1-21(13-23,15-7-9-17(25-3)19(11-15)27-5)22(2,14-24)16-8-10-18(26-4)20(12-16)28-6/h7-12,23-24H,13-14H2,1-6H3. The molecule has 0 bridgehead atoms. The molecule has 0 radical (unpaired) electrons. The lowest BCUT2D eigenvalue weighted by Crippen LogP contribution is -2.50. The van der Waals surface area contributed by atoms with E-state index < -0.39 is 10.8 Å². The van der Waals surface area contributed by atoms with Crippen molar-refractivity contribution in [1.29, 1.82) is 0 Å². The molecule has 0 fully saturated rings. The van der Waals surface area contributed by atoms with E-state index in [1.54, 1.807) is 40.6 Å². The van der Waals surface area contributed by atoms with Crippen LogP contribution < -0.4 is 18.9 Å². The topological polar surface area (TPSA) is 77.4 Å². The molecule has 0 amide bonds. The highest BCUT2D eigenvalue weighted by Gasteiger charge is 2.47. The number of aliphatic hydroxyl groups is 2. The number of rotatable bonds is 9. The van der Waals surface area contributed by atoms with Crippen LogP contribution in [0.5, 0.6) is 23.0 Å². The van der Waals surface area contributed by atoms with Crippen LogP contribution in [0.1, 0.15) is 25.0 Å². The fourth-order valence-corrected chi connectivity index (χ4v) is 3.53. The molecule has 0 heterocycles. The zero-order valence-corrected chi connectivity index (χ0v) is 17.4. The molecular formula is C22H30O6. The lowest BCUT2D eigenvalue weighted by molar-refractivity contribution is 0.0792. The maximum absolute atomic E-state index is 10.4. The molecule has 2 aromatic rings. The molecule has 2 unspecified atom stereocenters. The van der Waals surface area contributed by atoms with Crippen molar-refractivity contribution in [3.63, 3.8) is 0 Å². The van der Waals surface area contributed by atoms with E-state index in [0.29, 0.717) is 23.0 Å². The molecule has 0 aliphatic carbocycles. The van der Waals surface area contributed by atoms with Gasteiger partial charge in [-0.25, -0.2) is 0 Å². The zero-order valence-electron chi connectivity index (χ0n) is 17.4. The predicted octanol–water partition coefficient (Wildman–Crippen LogP) is 2.92. The average molecular weight is 390 g/mol. The lowest BCUT2D eigenvalue weighted by atomic mass is 9.59. The molecule has 154 valence electrons. The Morgan fingerprint density at radius 1 is 0.607 bits per heavy atom. The maximum Gasteiger partial charge on any atom is 0.161 e. The third-order valence-electron chi connectivity index (χ3n) is 5.89. The van der Waals surface area contributed by atoms with E-state index in [4.69, 9.17) is 18.9 Å². The van der Waals surface area contributed by atoms with E-state index in [2.05, 4.69) is 0 Å². The Bertz CT molecular complexity index is 738. The minimum atomic E-state index is -0.819. The van der Waals surface area contributed by atoms with Gasteiger partial charge in [-0.05, 0) is 35.4 Å². The van der Waals surface area contributed by atoms with Crippen LogP contribution in [0.25, 0.3) is 0 Å². The van der Waals surface area contributed by atoms with E-state index in [1.807, 2.05) is 38.1 Å². The number of ether oxygens (including phenoxy) is 4. The Hall–Kier alpha value is -2.44. The number of hydrogen-bond acceptors (Lipinski definition) is 6. The van der Waals surface area contributed by atoms with Gasteiger partial charge in [0, 0.05) is 10.8 Å². The first-order valence-corrected chi connectivity index (χ1v) is 9.02. The SMILES string of the molecule is COc1ccc(C(C)(CO)C(C)(CO)c2ccc(OC)c(OC)c2)cc1OC. The smallest absolute Gasteiger partial charge is 0.161 e. The zero-order chi connectivity index (χ0) is 20.9. The third kappa shape index (κ3) is 3.50. The summed E-state index contributed by atoms with van der Waals surface area (Å²) in [6.45, 7) is 3.46. The van der Waals surface area contributed by atoms with Gasteiger partial charge >= 0.3 is 0 Å². The second-order valence-corrected chi connectivity index (χ2v) is 7.12. The van der Waals surface area contributed by atoms with Gasteiger partial charge in [0.25, 0.3) is 0 Å². The van der Waals surface area contributed by atoms with Crippen LogP contribution in [0.2, 0.25) is 0 Å². The van der Waals surface area contributed by atoms with Gasteiger partial charge in [0.05, 0.1) is 41.7 Å². The van der Waals surface area contributed by atoms with Crippen LogP contribution in [0.3, 0.4) is 0 Å². The number of aliphatic hydroxyl groups excluding tert-OH is 2. The average Bonchev–Trinajstić information content (AvgIpc) is 2.76. The summed E-state index contributed by atoms with van der Waals surface area (Å²) in [7, 11) is 6.28.